The van der Waals surface area contributed by atoms with Crippen molar-refractivity contribution < 1.29 is 9.53 Å². The van der Waals surface area contributed by atoms with Gasteiger partial charge in [0.2, 0.25) is 0 Å². The lowest BCUT2D eigenvalue weighted by Crippen LogP contribution is -2.38. The first kappa shape index (κ1) is 18.7. The number of benzene rings is 2. The SMILES string of the molecule is Cc1ccc(OCC(=O)NCC(c2ccccc2Cl)N2CCCC2)cc1. The zero-order valence-corrected chi connectivity index (χ0v) is 15.8. The Bertz CT molecular complexity index is 727. The third-order valence-corrected chi connectivity index (χ3v) is 5.07. The summed E-state index contributed by atoms with van der Waals surface area (Å²) in [6.07, 6.45) is 2.37. The molecule has 1 aliphatic rings. The first-order valence-electron chi connectivity index (χ1n) is 9.08. The maximum absolute atomic E-state index is 12.2. The van der Waals surface area contributed by atoms with Crippen LogP contribution in [0, 0.1) is 6.92 Å². The van der Waals surface area contributed by atoms with E-state index in [0.29, 0.717) is 12.3 Å². The number of amides is 1. The maximum atomic E-state index is 12.2. The Morgan fingerprint density at radius 2 is 1.85 bits per heavy atom. The number of carbonyl (C=O) groups excluding carboxylic acids is 1. The van der Waals surface area contributed by atoms with Crippen LogP contribution in [0.5, 0.6) is 5.75 Å². The Balaban J connectivity index is 1.57. The fourth-order valence-electron chi connectivity index (χ4n) is 3.28. The van der Waals surface area contributed by atoms with Crippen molar-refractivity contribution in [2.45, 2.75) is 25.8 Å². The molecule has 0 radical (unpaired) electrons. The van der Waals surface area contributed by atoms with Crippen molar-refractivity contribution in [3.63, 3.8) is 0 Å². The fourth-order valence-corrected chi connectivity index (χ4v) is 3.54. The number of likely N-dealkylation sites (tertiary alicyclic amines) is 1. The summed E-state index contributed by atoms with van der Waals surface area (Å²) in [5, 5.41) is 3.75. The molecular formula is C21H25ClN2O2. The normalized spacial score (nSPS) is 15.6. The van der Waals surface area contributed by atoms with Gasteiger partial charge in [-0.3, -0.25) is 9.69 Å². The fraction of sp³-hybridized carbons (Fsp3) is 0.381. The molecule has 1 N–H and O–H groups in total. The molecule has 1 amide bonds. The summed E-state index contributed by atoms with van der Waals surface area (Å²) in [6.45, 7) is 4.62. The van der Waals surface area contributed by atoms with Gasteiger partial charge in [-0.25, -0.2) is 0 Å². The molecule has 0 spiro atoms. The van der Waals surface area contributed by atoms with Gasteiger partial charge in [-0.1, -0.05) is 47.5 Å². The summed E-state index contributed by atoms with van der Waals surface area (Å²) < 4.78 is 5.56. The number of carbonyl (C=O) groups is 1. The van der Waals surface area contributed by atoms with Crippen molar-refractivity contribution in [3.8, 4) is 5.75 Å². The summed E-state index contributed by atoms with van der Waals surface area (Å²) in [5.74, 6) is 0.578. The van der Waals surface area contributed by atoms with E-state index in [0.717, 1.165) is 29.2 Å². The van der Waals surface area contributed by atoms with Crippen LogP contribution in [-0.4, -0.2) is 37.0 Å². The first-order chi connectivity index (χ1) is 12.6. The quantitative estimate of drug-likeness (QED) is 0.799. The minimum absolute atomic E-state index is 0.0122. The monoisotopic (exact) mass is 372 g/mol. The second-order valence-corrected chi connectivity index (χ2v) is 7.09. The average Bonchev–Trinajstić information content (AvgIpc) is 3.17. The van der Waals surface area contributed by atoms with E-state index < -0.39 is 0 Å². The number of ether oxygens (including phenoxy) is 1. The van der Waals surface area contributed by atoms with E-state index in [9.17, 15) is 4.79 Å². The first-order valence-corrected chi connectivity index (χ1v) is 9.46. The van der Waals surface area contributed by atoms with Crippen LogP contribution < -0.4 is 10.1 Å². The smallest absolute Gasteiger partial charge is 0.258 e. The summed E-state index contributed by atoms with van der Waals surface area (Å²) in [7, 11) is 0. The van der Waals surface area contributed by atoms with Crippen molar-refractivity contribution in [1.82, 2.24) is 10.2 Å². The van der Waals surface area contributed by atoms with E-state index >= 15 is 0 Å². The van der Waals surface area contributed by atoms with Crippen molar-refractivity contribution in [3.05, 3.63) is 64.7 Å². The zero-order valence-electron chi connectivity index (χ0n) is 15.1. The second kappa shape index (κ2) is 9.06. The molecule has 4 nitrogen and oxygen atoms in total. The van der Waals surface area contributed by atoms with Crippen LogP contribution in [-0.2, 0) is 4.79 Å². The minimum Gasteiger partial charge on any atom is -0.484 e. The Kier molecular flexibility index (Phi) is 6.53. The largest absolute Gasteiger partial charge is 0.484 e. The number of rotatable bonds is 7. The molecule has 1 atom stereocenters. The molecule has 2 aromatic carbocycles. The van der Waals surface area contributed by atoms with Crippen LogP contribution >= 0.6 is 11.6 Å². The molecule has 1 aliphatic heterocycles. The van der Waals surface area contributed by atoms with Gasteiger partial charge in [0.15, 0.2) is 6.61 Å². The van der Waals surface area contributed by atoms with E-state index in [-0.39, 0.29) is 18.6 Å². The molecule has 2 aromatic rings. The molecule has 1 fully saturated rings. The van der Waals surface area contributed by atoms with Crippen LogP contribution in [0.4, 0.5) is 0 Å². The van der Waals surface area contributed by atoms with Gasteiger partial charge < -0.3 is 10.1 Å². The topological polar surface area (TPSA) is 41.6 Å². The molecule has 5 heteroatoms. The summed E-state index contributed by atoms with van der Waals surface area (Å²) >= 11 is 6.40. The number of hydrogen-bond donors (Lipinski definition) is 1. The Morgan fingerprint density at radius 3 is 2.54 bits per heavy atom. The average molecular weight is 373 g/mol. The number of hydrogen-bond acceptors (Lipinski definition) is 3. The van der Waals surface area contributed by atoms with Crippen LogP contribution in [0.2, 0.25) is 5.02 Å². The summed E-state index contributed by atoms with van der Waals surface area (Å²) in [6, 6.07) is 15.6. The van der Waals surface area contributed by atoms with Crippen molar-refractivity contribution in [2.24, 2.45) is 0 Å². The number of halogens is 1. The Labute approximate surface area is 160 Å². The zero-order chi connectivity index (χ0) is 18.4. The molecule has 3 rings (SSSR count). The number of nitrogens with zero attached hydrogens (tertiary/aromatic N) is 1. The van der Waals surface area contributed by atoms with Crippen LogP contribution in [0.25, 0.3) is 0 Å². The highest BCUT2D eigenvalue weighted by Crippen LogP contribution is 2.29. The van der Waals surface area contributed by atoms with Gasteiger partial charge in [-0.2, -0.15) is 0 Å². The predicted octanol–water partition coefficient (Wildman–Crippen LogP) is 3.98. The van der Waals surface area contributed by atoms with Crippen molar-refractivity contribution in [1.29, 1.82) is 0 Å². The standard InChI is InChI=1S/C21H25ClN2O2/c1-16-8-10-17(11-9-16)26-15-21(25)23-14-20(24-12-4-5-13-24)18-6-2-3-7-19(18)22/h2-3,6-11,20H,4-5,12-15H2,1H3,(H,23,25). The van der Waals surface area contributed by atoms with Gasteiger partial charge in [0.25, 0.3) is 5.91 Å². The molecule has 26 heavy (non-hydrogen) atoms. The third-order valence-electron chi connectivity index (χ3n) is 4.73. The number of nitrogens with one attached hydrogen (secondary N) is 1. The maximum Gasteiger partial charge on any atom is 0.258 e. The lowest BCUT2D eigenvalue weighted by atomic mass is 10.1. The van der Waals surface area contributed by atoms with E-state index in [4.69, 9.17) is 16.3 Å². The van der Waals surface area contributed by atoms with Gasteiger partial charge >= 0.3 is 0 Å². The molecule has 1 heterocycles. The van der Waals surface area contributed by atoms with Gasteiger partial charge in [0, 0.05) is 11.6 Å². The molecule has 138 valence electrons. The second-order valence-electron chi connectivity index (χ2n) is 6.69. The van der Waals surface area contributed by atoms with Crippen LogP contribution in [0.1, 0.15) is 30.0 Å². The van der Waals surface area contributed by atoms with E-state index in [1.165, 1.54) is 12.8 Å². The summed E-state index contributed by atoms with van der Waals surface area (Å²) in [4.78, 5) is 14.6. The van der Waals surface area contributed by atoms with Gasteiger partial charge in [0.1, 0.15) is 5.75 Å². The van der Waals surface area contributed by atoms with E-state index in [2.05, 4.69) is 10.2 Å². The lowest BCUT2D eigenvalue weighted by molar-refractivity contribution is -0.123. The molecule has 1 unspecified atom stereocenters. The Hall–Kier alpha value is -2.04. The van der Waals surface area contributed by atoms with Gasteiger partial charge in [-0.05, 0) is 56.6 Å². The molecule has 0 saturated carbocycles. The van der Waals surface area contributed by atoms with Crippen molar-refractivity contribution in [2.75, 3.05) is 26.2 Å². The van der Waals surface area contributed by atoms with E-state index in [1.807, 2.05) is 55.5 Å². The number of aryl methyl sites for hydroxylation is 1. The van der Waals surface area contributed by atoms with Gasteiger partial charge in [0.05, 0.1) is 6.04 Å². The van der Waals surface area contributed by atoms with Crippen LogP contribution in [0.15, 0.2) is 48.5 Å². The highest BCUT2D eigenvalue weighted by atomic mass is 35.5. The third kappa shape index (κ3) is 4.99. The summed E-state index contributed by atoms with van der Waals surface area (Å²) in [5.41, 5.74) is 2.23. The lowest BCUT2D eigenvalue weighted by Gasteiger charge is -2.29. The molecule has 0 aliphatic carbocycles. The van der Waals surface area contributed by atoms with Crippen molar-refractivity contribution >= 4 is 17.5 Å². The molecule has 0 bridgehead atoms. The highest BCUT2D eigenvalue weighted by Gasteiger charge is 2.25. The minimum atomic E-state index is -0.123. The van der Waals surface area contributed by atoms with E-state index in [1.54, 1.807) is 0 Å². The molecule has 1 saturated heterocycles. The van der Waals surface area contributed by atoms with Crippen LogP contribution in [0.3, 0.4) is 0 Å². The highest BCUT2D eigenvalue weighted by molar-refractivity contribution is 6.31. The Morgan fingerprint density at radius 1 is 1.15 bits per heavy atom. The predicted molar refractivity (Wildman–Crippen MR) is 105 cm³/mol. The van der Waals surface area contributed by atoms with Gasteiger partial charge in [-0.15, -0.1) is 0 Å². The molecule has 0 aromatic heterocycles. The molecular weight excluding hydrogens is 348 g/mol.